The maximum atomic E-state index is 11.4. The lowest BCUT2D eigenvalue weighted by Crippen LogP contribution is -2.36. The van der Waals surface area contributed by atoms with Gasteiger partial charge >= 0.3 is 11.8 Å². The lowest BCUT2D eigenvalue weighted by Gasteiger charge is -2.12. The lowest BCUT2D eigenvalue weighted by atomic mass is 10.2. The number of anilines is 2. The molecule has 0 aromatic heterocycles. The molecule has 0 saturated carbocycles. The van der Waals surface area contributed by atoms with E-state index in [0.29, 0.717) is 5.69 Å². The molecule has 0 heterocycles. The number of rotatable bonds is 4. The van der Waals surface area contributed by atoms with E-state index in [2.05, 4.69) is 10.6 Å². The largest absolute Gasteiger partial charge is 0.395 e. The van der Waals surface area contributed by atoms with Crippen molar-refractivity contribution in [3.8, 4) is 0 Å². The maximum absolute atomic E-state index is 11.4. The monoisotopic (exact) mass is 251 g/mol. The summed E-state index contributed by atoms with van der Waals surface area (Å²) in [6, 6.07) is 7.10. The van der Waals surface area contributed by atoms with Crippen LogP contribution in [0.15, 0.2) is 24.3 Å². The molecule has 0 unspecified atom stereocenters. The molecule has 3 N–H and O–H groups in total. The second-order valence-electron chi connectivity index (χ2n) is 3.87. The van der Waals surface area contributed by atoms with Crippen molar-refractivity contribution in [2.24, 2.45) is 0 Å². The topological polar surface area (TPSA) is 81.7 Å². The summed E-state index contributed by atoms with van der Waals surface area (Å²) in [4.78, 5) is 24.6. The van der Waals surface area contributed by atoms with Gasteiger partial charge in [0.05, 0.1) is 6.61 Å². The number of amides is 2. The fourth-order valence-corrected chi connectivity index (χ4v) is 1.28. The Morgan fingerprint density at radius 2 is 1.78 bits per heavy atom. The second kappa shape index (κ2) is 6.61. The molecule has 0 radical (unpaired) electrons. The molecule has 0 aliphatic heterocycles. The van der Waals surface area contributed by atoms with Gasteiger partial charge in [-0.2, -0.15) is 0 Å². The van der Waals surface area contributed by atoms with Gasteiger partial charge in [-0.05, 0) is 24.3 Å². The number of aliphatic hydroxyl groups excluding tert-OH is 1. The smallest absolute Gasteiger partial charge is 0.313 e. The number of benzene rings is 1. The molecule has 1 rings (SSSR count). The zero-order valence-electron chi connectivity index (χ0n) is 10.4. The van der Waals surface area contributed by atoms with E-state index in [0.717, 1.165) is 5.69 Å². The van der Waals surface area contributed by atoms with Crippen LogP contribution in [0, 0.1) is 0 Å². The minimum Gasteiger partial charge on any atom is -0.395 e. The molecule has 0 aliphatic rings. The molecule has 98 valence electrons. The standard InChI is InChI=1S/C12H17N3O3/c1-15(2)10-5-3-9(4-6-10)14-12(18)11(17)13-7-8-16/h3-6,16H,7-8H2,1-2H3,(H,13,17)(H,14,18). The van der Waals surface area contributed by atoms with Crippen LogP contribution in [-0.4, -0.2) is 44.2 Å². The molecule has 1 aromatic carbocycles. The van der Waals surface area contributed by atoms with Crippen LogP contribution in [0.2, 0.25) is 0 Å². The van der Waals surface area contributed by atoms with Crippen LogP contribution in [0.5, 0.6) is 0 Å². The van der Waals surface area contributed by atoms with Gasteiger partial charge in [0, 0.05) is 32.0 Å². The van der Waals surface area contributed by atoms with E-state index in [1.54, 1.807) is 12.1 Å². The SMILES string of the molecule is CN(C)c1ccc(NC(=O)C(=O)NCCO)cc1. The summed E-state index contributed by atoms with van der Waals surface area (Å²) in [5.74, 6) is -1.51. The van der Waals surface area contributed by atoms with E-state index in [1.807, 2.05) is 31.1 Å². The van der Waals surface area contributed by atoms with E-state index in [-0.39, 0.29) is 13.2 Å². The average molecular weight is 251 g/mol. The van der Waals surface area contributed by atoms with Crippen LogP contribution in [-0.2, 0) is 9.59 Å². The summed E-state index contributed by atoms with van der Waals surface area (Å²) in [6.07, 6.45) is 0. The van der Waals surface area contributed by atoms with E-state index in [9.17, 15) is 9.59 Å². The lowest BCUT2D eigenvalue weighted by molar-refractivity contribution is -0.136. The van der Waals surface area contributed by atoms with Gasteiger partial charge in [-0.1, -0.05) is 0 Å². The van der Waals surface area contributed by atoms with Crippen molar-refractivity contribution in [1.82, 2.24) is 5.32 Å². The Morgan fingerprint density at radius 3 is 2.28 bits per heavy atom. The van der Waals surface area contributed by atoms with Crippen LogP contribution >= 0.6 is 0 Å². The predicted molar refractivity (Wildman–Crippen MR) is 69.5 cm³/mol. The highest BCUT2D eigenvalue weighted by atomic mass is 16.3. The molecule has 0 saturated heterocycles. The zero-order valence-corrected chi connectivity index (χ0v) is 10.4. The third-order valence-electron chi connectivity index (χ3n) is 2.25. The Labute approximate surface area is 106 Å². The number of hydrogen-bond acceptors (Lipinski definition) is 4. The van der Waals surface area contributed by atoms with Gasteiger partial charge in [0.2, 0.25) is 0 Å². The molecule has 0 bridgehead atoms. The first-order chi connectivity index (χ1) is 8.54. The molecule has 0 aliphatic carbocycles. The molecule has 6 heteroatoms. The van der Waals surface area contributed by atoms with Crippen LogP contribution in [0.4, 0.5) is 11.4 Å². The van der Waals surface area contributed by atoms with Crippen molar-refractivity contribution in [3.05, 3.63) is 24.3 Å². The Bertz CT molecular complexity index is 415. The van der Waals surface area contributed by atoms with Gasteiger partial charge in [0.25, 0.3) is 0 Å². The zero-order chi connectivity index (χ0) is 13.5. The molecule has 1 aromatic rings. The van der Waals surface area contributed by atoms with Crippen LogP contribution < -0.4 is 15.5 Å². The highest BCUT2D eigenvalue weighted by Gasteiger charge is 2.12. The maximum Gasteiger partial charge on any atom is 0.313 e. The fraction of sp³-hybridized carbons (Fsp3) is 0.333. The van der Waals surface area contributed by atoms with Crippen molar-refractivity contribution in [3.63, 3.8) is 0 Å². The van der Waals surface area contributed by atoms with Crippen LogP contribution in [0.1, 0.15) is 0 Å². The van der Waals surface area contributed by atoms with Crippen molar-refractivity contribution in [2.75, 3.05) is 37.5 Å². The normalized spacial score (nSPS) is 9.72. The van der Waals surface area contributed by atoms with E-state index < -0.39 is 11.8 Å². The molecular weight excluding hydrogens is 234 g/mol. The Morgan fingerprint density at radius 1 is 1.17 bits per heavy atom. The van der Waals surface area contributed by atoms with Crippen LogP contribution in [0.3, 0.4) is 0 Å². The van der Waals surface area contributed by atoms with Gasteiger partial charge in [-0.15, -0.1) is 0 Å². The Balaban J connectivity index is 2.56. The molecule has 2 amide bonds. The first-order valence-electron chi connectivity index (χ1n) is 5.52. The summed E-state index contributed by atoms with van der Waals surface area (Å²) < 4.78 is 0. The quantitative estimate of drug-likeness (QED) is 0.647. The summed E-state index contributed by atoms with van der Waals surface area (Å²) in [7, 11) is 3.83. The van der Waals surface area contributed by atoms with E-state index in [1.165, 1.54) is 0 Å². The van der Waals surface area contributed by atoms with Gasteiger partial charge in [-0.3, -0.25) is 9.59 Å². The van der Waals surface area contributed by atoms with E-state index in [4.69, 9.17) is 5.11 Å². The number of carbonyl (C=O) groups is 2. The number of aliphatic hydroxyl groups is 1. The summed E-state index contributed by atoms with van der Waals surface area (Å²) >= 11 is 0. The Hall–Kier alpha value is -2.08. The first kappa shape index (κ1) is 14.0. The number of nitrogens with one attached hydrogen (secondary N) is 2. The van der Waals surface area contributed by atoms with Gasteiger partial charge in [0.15, 0.2) is 0 Å². The Kier molecular flexibility index (Phi) is 5.13. The minimum absolute atomic E-state index is 0.0613. The third-order valence-corrected chi connectivity index (χ3v) is 2.25. The summed E-state index contributed by atoms with van der Waals surface area (Å²) in [5, 5.41) is 13.3. The highest BCUT2D eigenvalue weighted by Crippen LogP contribution is 2.15. The number of hydrogen-bond donors (Lipinski definition) is 3. The van der Waals surface area contributed by atoms with E-state index >= 15 is 0 Å². The van der Waals surface area contributed by atoms with Crippen molar-refractivity contribution in [1.29, 1.82) is 0 Å². The van der Waals surface area contributed by atoms with Gasteiger partial charge in [-0.25, -0.2) is 0 Å². The molecule has 18 heavy (non-hydrogen) atoms. The first-order valence-corrected chi connectivity index (χ1v) is 5.52. The predicted octanol–water partition coefficient (Wildman–Crippen LogP) is -0.200. The van der Waals surface area contributed by atoms with Crippen molar-refractivity contribution < 1.29 is 14.7 Å². The molecule has 0 fully saturated rings. The third kappa shape index (κ3) is 4.06. The second-order valence-corrected chi connectivity index (χ2v) is 3.87. The van der Waals surface area contributed by atoms with Crippen LogP contribution in [0.25, 0.3) is 0 Å². The van der Waals surface area contributed by atoms with Crippen molar-refractivity contribution in [2.45, 2.75) is 0 Å². The highest BCUT2D eigenvalue weighted by molar-refractivity contribution is 6.39. The molecule has 6 nitrogen and oxygen atoms in total. The molecule has 0 spiro atoms. The molecular formula is C12H17N3O3. The van der Waals surface area contributed by atoms with Gasteiger partial charge < -0.3 is 20.6 Å². The molecule has 0 atom stereocenters. The minimum atomic E-state index is -0.763. The van der Waals surface area contributed by atoms with Crippen molar-refractivity contribution >= 4 is 23.2 Å². The van der Waals surface area contributed by atoms with Gasteiger partial charge in [0.1, 0.15) is 0 Å². The summed E-state index contributed by atoms with van der Waals surface area (Å²) in [6.45, 7) is -0.137. The number of nitrogens with zero attached hydrogens (tertiary/aromatic N) is 1. The summed E-state index contributed by atoms with van der Waals surface area (Å²) in [5.41, 5.74) is 1.54. The number of carbonyl (C=O) groups excluding carboxylic acids is 2. The average Bonchev–Trinajstić information content (AvgIpc) is 2.36. The fourth-order valence-electron chi connectivity index (χ4n) is 1.28.